The lowest BCUT2D eigenvalue weighted by molar-refractivity contribution is 0.0950. The lowest BCUT2D eigenvalue weighted by atomic mass is 9.97. The van der Waals surface area contributed by atoms with Crippen LogP contribution in [0.5, 0.6) is 11.5 Å². The average molecular weight is 327 g/mol. The number of amides is 1. The number of nitrogens with one attached hydrogen (secondary N) is 3. The van der Waals surface area contributed by atoms with Gasteiger partial charge < -0.3 is 15.2 Å². The monoisotopic (exact) mass is 327 g/mol. The Morgan fingerprint density at radius 3 is 2.75 bits per heavy atom. The zero-order valence-corrected chi connectivity index (χ0v) is 13.5. The van der Waals surface area contributed by atoms with Gasteiger partial charge in [0.15, 0.2) is 0 Å². The Morgan fingerprint density at radius 2 is 2.04 bits per heavy atom. The topological polar surface area (TPSA) is 82.6 Å². The Kier molecular flexibility index (Phi) is 4.98. The van der Waals surface area contributed by atoms with Crippen LogP contribution in [0.4, 0.5) is 0 Å². The van der Waals surface area contributed by atoms with Crippen LogP contribution in [-0.2, 0) is 6.54 Å². The van der Waals surface area contributed by atoms with Gasteiger partial charge >= 0.3 is 0 Å². The fourth-order valence-electron chi connectivity index (χ4n) is 2.82. The fraction of sp³-hybridized carbons (Fsp3) is 0.278. The second kappa shape index (κ2) is 7.33. The van der Waals surface area contributed by atoms with E-state index in [1.807, 2.05) is 18.2 Å². The van der Waals surface area contributed by atoms with E-state index in [2.05, 4.69) is 16.2 Å². The molecule has 1 heterocycles. The molecule has 2 aromatic carbocycles. The standard InChI is InChI=1S/C18H21N3O3/c1-24-17-8-13(5-6-16(17)14-10-20-21-11-14)18(23)19-9-12-3-2-4-15(22)7-12/h2-8,14,20-22H,9-11H2,1H3,(H,19,23). The second-order valence-corrected chi connectivity index (χ2v) is 5.77. The number of carbonyl (C=O) groups is 1. The molecule has 6 nitrogen and oxygen atoms in total. The molecule has 1 aliphatic rings. The molecule has 1 saturated heterocycles. The highest BCUT2D eigenvalue weighted by Gasteiger charge is 2.21. The predicted octanol–water partition coefficient (Wildman–Crippen LogP) is 1.52. The summed E-state index contributed by atoms with van der Waals surface area (Å²) in [6, 6.07) is 12.4. The minimum absolute atomic E-state index is 0.175. The molecular weight excluding hydrogens is 306 g/mol. The van der Waals surface area contributed by atoms with E-state index < -0.39 is 0 Å². The third kappa shape index (κ3) is 3.67. The molecule has 3 rings (SSSR count). The minimum atomic E-state index is -0.175. The summed E-state index contributed by atoms with van der Waals surface area (Å²) in [7, 11) is 1.61. The first-order valence-corrected chi connectivity index (χ1v) is 7.87. The van der Waals surface area contributed by atoms with Crippen LogP contribution in [0.1, 0.15) is 27.4 Å². The van der Waals surface area contributed by atoms with E-state index in [4.69, 9.17) is 4.74 Å². The highest BCUT2D eigenvalue weighted by Crippen LogP contribution is 2.28. The number of phenols is 1. The van der Waals surface area contributed by atoms with Crippen LogP contribution in [0.2, 0.25) is 0 Å². The molecule has 4 N–H and O–H groups in total. The Morgan fingerprint density at radius 1 is 1.25 bits per heavy atom. The van der Waals surface area contributed by atoms with Crippen molar-refractivity contribution in [3.05, 3.63) is 59.2 Å². The van der Waals surface area contributed by atoms with Crippen molar-refractivity contribution in [2.75, 3.05) is 20.2 Å². The number of aromatic hydroxyl groups is 1. The Hall–Kier alpha value is -2.57. The first kappa shape index (κ1) is 16.3. The normalized spacial score (nSPS) is 14.5. The van der Waals surface area contributed by atoms with Gasteiger partial charge in [-0.25, -0.2) is 0 Å². The van der Waals surface area contributed by atoms with E-state index >= 15 is 0 Å². The Balaban J connectivity index is 1.70. The van der Waals surface area contributed by atoms with Gasteiger partial charge in [0, 0.05) is 31.1 Å². The van der Waals surface area contributed by atoms with Crippen LogP contribution < -0.4 is 20.9 Å². The Bertz CT molecular complexity index is 727. The highest BCUT2D eigenvalue weighted by atomic mass is 16.5. The average Bonchev–Trinajstić information content (AvgIpc) is 3.13. The zero-order valence-electron chi connectivity index (χ0n) is 13.5. The Labute approximate surface area is 140 Å². The number of hydrogen-bond donors (Lipinski definition) is 4. The van der Waals surface area contributed by atoms with Gasteiger partial charge in [0.2, 0.25) is 0 Å². The number of carbonyl (C=O) groups excluding carboxylic acids is 1. The second-order valence-electron chi connectivity index (χ2n) is 5.77. The zero-order chi connectivity index (χ0) is 16.9. The maximum Gasteiger partial charge on any atom is 0.251 e. The van der Waals surface area contributed by atoms with Crippen LogP contribution in [0.3, 0.4) is 0 Å². The number of benzene rings is 2. The number of hydrogen-bond acceptors (Lipinski definition) is 5. The molecule has 0 saturated carbocycles. The van der Waals surface area contributed by atoms with Gasteiger partial charge in [0.05, 0.1) is 7.11 Å². The molecule has 24 heavy (non-hydrogen) atoms. The molecule has 126 valence electrons. The highest BCUT2D eigenvalue weighted by molar-refractivity contribution is 5.94. The largest absolute Gasteiger partial charge is 0.508 e. The van der Waals surface area contributed by atoms with Crippen molar-refractivity contribution in [1.29, 1.82) is 0 Å². The molecule has 0 atom stereocenters. The molecule has 6 heteroatoms. The molecular formula is C18H21N3O3. The SMILES string of the molecule is COc1cc(C(=O)NCc2cccc(O)c2)ccc1C1CNNC1. The van der Waals surface area contributed by atoms with E-state index in [1.165, 1.54) is 0 Å². The van der Waals surface area contributed by atoms with Crippen LogP contribution in [0, 0.1) is 0 Å². The molecule has 0 unspecified atom stereocenters. The molecule has 0 radical (unpaired) electrons. The molecule has 1 fully saturated rings. The summed E-state index contributed by atoms with van der Waals surface area (Å²) in [4.78, 5) is 12.3. The quantitative estimate of drug-likeness (QED) is 0.669. The summed E-state index contributed by atoms with van der Waals surface area (Å²) in [5.74, 6) is 1.05. The van der Waals surface area contributed by atoms with E-state index in [0.717, 1.165) is 30.0 Å². The van der Waals surface area contributed by atoms with Gasteiger partial charge in [0.25, 0.3) is 5.91 Å². The van der Waals surface area contributed by atoms with Crippen molar-refractivity contribution in [3.63, 3.8) is 0 Å². The van der Waals surface area contributed by atoms with Gasteiger partial charge in [-0.3, -0.25) is 15.6 Å². The van der Waals surface area contributed by atoms with E-state index in [9.17, 15) is 9.90 Å². The molecule has 2 aromatic rings. The summed E-state index contributed by atoms with van der Waals surface area (Å²) < 4.78 is 5.46. The molecule has 0 aliphatic carbocycles. The molecule has 0 aromatic heterocycles. The maximum absolute atomic E-state index is 12.3. The van der Waals surface area contributed by atoms with Gasteiger partial charge in [-0.2, -0.15) is 0 Å². The summed E-state index contributed by atoms with van der Waals surface area (Å²) in [5.41, 5.74) is 8.67. The maximum atomic E-state index is 12.3. The van der Waals surface area contributed by atoms with E-state index in [0.29, 0.717) is 18.0 Å². The smallest absolute Gasteiger partial charge is 0.251 e. The lowest BCUT2D eigenvalue weighted by Crippen LogP contribution is -2.23. The van der Waals surface area contributed by atoms with Crippen molar-refractivity contribution in [1.82, 2.24) is 16.2 Å². The van der Waals surface area contributed by atoms with Crippen molar-refractivity contribution >= 4 is 5.91 Å². The van der Waals surface area contributed by atoms with Crippen LogP contribution in [-0.4, -0.2) is 31.2 Å². The van der Waals surface area contributed by atoms with Crippen molar-refractivity contribution in [2.45, 2.75) is 12.5 Å². The van der Waals surface area contributed by atoms with Gasteiger partial charge in [-0.05, 0) is 35.4 Å². The summed E-state index contributed by atoms with van der Waals surface area (Å²) in [5, 5.41) is 12.3. The number of hydrazine groups is 1. The predicted molar refractivity (Wildman–Crippen MR) is 91.0 cm³/mol. The first-order valence-electron chi connectivity index (χ1n) is 7.87. The number of phenolic OH excluding ortho intramolecular Hbond substituents is 1. The summed E-state index contributed by atoms with van der Waals surface area (Å²) in [6.45, 7) is 2.02. The van der Waals surface area contributed by atoms with Crippen LogP contribution in [0.25, 0.3) is 0 Å². The third-order valence-electron chi connectivity index (χ3n) is 4.12. The third-order valence-corrected chi connectivity index (χ3v) is 4.12. The summed E-state index contributed by atoms with van der Waals surface area (Å²) in [6.07, 6.45) is 0. The molecule has 1 amide bonds. The van der Waals surface area contributed by atoms with Crippen molar-refractivity contribution in [2.24, 2.45) is 0 Å². The molecule has 0 spiro atoms. The number of methoxy groups -OCH3 is 1. The van der Waals surface area contributed by atoms with E-state index in [-0.39, 0.29) is 11.7 Å². The van der Waals surface area contributed by atoms with Crippen LogP contribution >= 0.6 is 0 Å². The molecule has 0 bridgehead atoms. The van der Waals surface area contributed by atoms with Crippen molar-refractivity contribution < 1.29 is 14.6 Å². The first-order chi connectivity index (χ1) is 11.7. The van der Waals surface area contributed by atoms with Crippen molar-refractivity contribution in [3.8, 4) is 11.5 Å². The van der Waals surface area contributed by atoms with E-state index in [1.54, 1.807) is 31.4 Å². The fourth-order valence-corrected chi connectivity index (χ4v) is 2.82. The van der Waals surface area contributed by atoms with Gasteiger partial charge in [-0.1, -0.05) is 18.2 Å². The number of rotatable bonds is 5. The molecule has 1 aliphatic heterocycles. The lowest BCUT2D eigenvalue weighted by Gasteiger charge is -2.14. The minimum Gasteiger partial charge on any atom is -0.508 e. The van der Waals surface area contributed by atoms with Crippen LogP contribution in [0.15, 0.2) is 42.5 Å². The number of ether oxygens (including phenoxy) is 1. The summed E-state index contributed by atoms with van der Waals surface area (Å²) >= 11 is 0. The van der Waals surface area contributed by atoms with Gasteiger partial charge in [0.1, 0.15) is 11.5 Å². The van der Waals surface area contributed by atoms with Gasteiger partial charge in [-0.15, -0.1) is 0 Å².